The fraction of sp³-hybridized carbons (Fsp3) is 0.588. The van der Waals surface area contributed by atoms with Gasteiger partial charge in [-0.1, -0.05) is 33.1 Å². The number of ether oxygens (including phenoxy) is 4. The predicted octanol–water partition coefficient (Wildman–Crippen LogP) is 0.777. The van der Waals surface area contributed by atoms with Gasteiger partial charge in [-0.25, -0.2) is 4.79 Å². The van der Waals surface area contributed by atoms with Crippen LogP contribution in [0.3, 0.4) is 0 Å². The topological polar surface area (TPSA) is 101 Å². The van der Waals surface area contributed by atoms with E-state index in [1.807, 2.05) is 12.2 Å². The zero-order valence-electron chi connectivity index (χ0n) is 15.0. The molecule has 0 aromatic rings. The summed E-state index contributed by atoms with van der Waals surface area (Å²) < 4.78 is 21.2. The maximum atomic E-state index is 11.5. The van der Waals surface area contributed by atoms with E-state index in [0.717, 1.165) is 17.5 Å². The molecule has 10 heteroatoms. The number of alkyl halides is 1. The molecule has 0 aliphatic carbocycles. The van der Waals surface area contributed by atoms with Crippen LogP contribution in [0.15, 0.2) is 24.3 Å². The Labute approximate surface area is 166 Å². The molecule has 0 saturated carbocycles. The van der Waals surface area contributed by atoms with Crippen LogP contribution >= 0.6 is 15.9 Å². The van der Waals surface area contributed by atoms with Crippen molar-refractivity contribution in [2.24, 2.45) is 0 Å². The van der Waals surface area contributed by atoms with Crippen LogP contribution in [-0.4, -0.2) is 81.0 Å². The molecular formula is C17H24BrNO8. The van der Waals surface area contributed by atoms with Gasteiger partial charge in [0.1, 0.15) is 0 Å². The number of imide groups is 1. The molecule has 0 unspecified atom stereocenters. The number of carbonyl (C=O) groups excluding carboxylic acids is 3. The third-order valence-corrected chi connectivity index (χ3v) is 3.37. The van der Waals surface area contributed by atoms with E-state index in [0.29, 0.717) is 51.3 Å². The van der Waals surface area contributed by atoms with Gasteiger partial charge >= 0.3 is 5.97 Å². The number of hydrogen-bond acceptors (Lipinski definition) is 8. The van der Waals surface area contributed by atoms with Crippen LogP contribution in [0, 0.1) is 0 Å². The highest BCUT2D eigenvalue weighted by molar-refractivity contribution is 9.09. The van der Waals surface area contributed by atoms with Crippen LogP contribution < -0.4 is 0 Å². The lowest BCUT2D eigenvalue weighted by Crippen LogP contribution is -2.33. The van der Waals surface area contributed by atoms with Gasteiger partial charge in [0.15, 0.2) is 0 Å². The summed E-state index contributed by atoms with van der Waals surface area (Å²) in [7, 11) is 0. The largest absolute Gasteiger partial charge is 0.378 e. The molecule has 27 heavy (non-hydrogen) atoms. The standard InChI is InChI=1S/C17H24BrNO8/c18-6-1-2-7-23-9-11-25-13-14-26-12-10-24-8-5-17(22)27-19-15(20)3-4-16(19)21/h1-4H,5-14H2/b2-1+. The molecule has 0 aromatic heterocycles. The number of rotatable bonds is 16. The zero-order chi connectivity index (χ0) is 19.7. The Morgan fingerprint density at radius 3 is 1.93 bits per heavy atom. The van der Waals surface area contributed by atoms with Crippen molar-refractivity contribution in [3.63, 3.8) is 0 Å². The maximum absolute atomic E-state index is 11.5. The fourth-order valence-corrected chi connectivity index (χ4v) is 1.99. The molecule has 9 nitrogen and oxygen atoms in total. The molecule has 1 aliphatic rings. The average molecular weight is 450 g/mol. The molecule has 1 aliphatic heterocycles. The second kappa shape index (κ2) is 15.5. The van der Waals surface area contributed by atoms with Gasteiger partial charge in [-0.05, 0) is 0 Å². The van der Waals surface area contributed by atoms with Crippen molar-refractivity contribution < 1.29 is 38.2 Å². The van der Waals surface area contributed by atoms with Crippen molar-refractivity contribution in [1.82, 2.24) is 5.06 Å². The van der Waals surface area contributed by atoms with Gasteiger partial charge in [0.05, 0.1) is 59.3 Å². The Kier molecular flexibility index (Phi) is 13.4. The summed E-state index contributed by atoms with van der Waals surface area (Å²) in [5.41, 5.74) is 0. The molecule has 2 amide bonds. The second-order valence-electron chi connectivity index (χ2n) is 5.06. The smallest absolute Gasteiger partial charge is 0.335 e. The van der Waals surface area contributed by atoms with Crippen LogP contribution in [0.1, 0.15) is 6.42 Å². The molecule has 0 atom stereocenters. The van der Waals surface area contributed by atoms with Gasteiger partial charge in [-0.2, -0.15) is 0 Å². The summed E-state index contributed by atoms with van der Waals surface area (Å²) in [5, 5.41) is 1.23. The Morgan fingerprint density at radius 2 is 1.37 bits per heavy atom. The van der Waals surface area contributed by atoms with E-state index in [1.54, 1.807) is 0 Å². The average Bonchev–Trinajstić information content (AvgIpc) is 2.97. The minimum absolute atomic E-state index is 0.0784. The first-order valence-electron chi connectivity index (χ1n) is 8.44. The summed E-state index contributed by atoms with van der Waals surface area (Å²) in [4.78, 5) is 38.5. The highest BCUT2D eigenvalue weighted by atomic mass is 79.9. The maximum Gasteiger partial charge on any atom is 0.335 e. The lowest BCUT2D eigenvalue weighted by atomic mass is 10.5. The quantitative estimate of drug-likeness (QED) is 0.147. The Morgan fingerprint density at radius 1 is 0.852 bits per heavy atom. The molecule has 0 bridgehead atoms. The number of carbonyl (C=O) groups is 3. The van der Waals surface area contributed by atoms with Crippen molar-refractivity contribution >= 4 is 33.7 Å². The van der Waals surface area contributed by atoms with Gasteiger partial charge in [0.25, 0.3) is 11.8 Å². The van der Waals surface area contributed by atoms with Gasteiger partial charge in [0, 0.05) is 17.5 Å². The molecule has 0 spiro atoms. The van der Waals surface area contributed by atoms with Gasteiger partial charge < -0.3 is 23.8 Å². The second-order valence-corrected chi connectivity index (χ2v) is 5.70. The van der Waals surface area contributed by atoms with E-state index in [2.05, 4.69) is 20.8 Å². The monoisotopic (exact) mass is 449 g/mol. The van der Waals surface area contributed by atoms with E-state index in [-0.39, 0.29) is 13.0 Å². The molecule has 1 rings (SSSR count). The molecule has 152 valence electrons. The van der Waals surface area contributed by atoms with Crippen molar-refractivity contribution in [2.45, 2.75) is 6.42 Å². The summed E-state index contributed by atoms with van der Waals surface area (Å²) in [6.07, 6.45) is 5.88. The van der Waals surface area contributed by atoms with E-state index in [4.69, 9.17) is 18.9 Å². The highest BCUT2D eigenvalue weighted by Crippen LogP contribution is 2.05. The zero-order valence-corrected chi connectivity index (χ0v) is 16.6. The van der Waals surface area contributed by atoms with E-state index in [9.17, 15) is 14.4 Å². The summed E-state index contributed by atoms with van der Waals surface area (Å²) in [6.45, 7) is 3.25. The van der Waals surface area contributed by atoms with Crippen LogP contribution in [0.4, 0.5) is 0 Å². The number of amides is 2. The molecule has 0 fully saturated rings. The van der Waals surface area contributed by atoms with E-state index < -0.39 is 17.8 Å². The number of allylic oxidation sites excluding steroid dienone is 1. The van der Waals surface area contributed by atoms with Gasteiger partial charge in [-0.3, -0.25) is 9.59 Å². The predicted molar refractivity (Wildman–Crippen MR) is 97.9 cm³/mol. The third-order valence-electron chi connectivity index (χ3n) is 3.00. The molecule has 1 heterocycles. The van der Waals surface area contributed by atoms with Crippen LogP contribution in [0.2, 0.25) is 0 Å². The first-order valence-corrected chi connectivity index (χ1v) is 9.56. The third kappa shape index (κ3) is 11.7. The van der Waals surface area contributed by atoms with Crippen LogP contribution in [-0.2, 0) is 38.2 Å². The Balaban J connectivity index is 1.82. The van der Waals surface area contributed by atoms with E-state index in [1.165, 1.54) is 0 Å². The molecule has 0 saturated heterocycles. The summed E-state index contributed by atoms with van der Waals surface area (Å²) in [5.74, 6) is -2.08. The number of halogens is 1. The summed E-state index contributed by atoms with van der Waals surface area (Å²) >= 11 is 3.28. The van der Waals surface area contributed by atoms with Crippen LogP contribution in [0.5, 0.6) is 0 Å². The summed E-state index contributed by atoms with van der Waals surface area (Å²) in [6, 6.07) is 0. The van der Waals surface area contributed by atoms with Crippen LogP contribution in [0.25, 0.3) is 0 Å². The normalized spacial score (nSPS) is 13.9. The van der Waals surface area contributed by atoms with Gasteiger partial charge in [-0.15, -0.1) is 0 Å². The van der Waals surface area contributed by atoms with Crippen molar-refractivity contribution in [1.29, 1.82) is 0 Å². The molecule has 0 radical (unpaired) electrons. The van der Waals surface area contributed by atoms with Crippen molar-refractivity contribution in [3.05, 3.63) is 24.3 Å². The Bertz CT molecular complexity index is 505. The number of hydroxylamine groups is 2. The lowest BCUT2D eigenvalue weighted by Gasteiger charge is -2.12. The minimum atomic E-state index is -0.723. The minimum Gasteiger partial charge on any atom is -0.378 e. The Hall–Kier alpha value is -1.59. The lowest BCUT2D eigenvalue weighted by molar-refractivity contribution is -0.196. The van der Waals surface area contributed by atoms with Crippen molar-refractivity contribution in [3.8, 4) is 0 Å². The first kappa shape index (κ1) is 23.4. The molecule has 0 aromatic carbocycles. The first-order chi connectivity index (χ1) is 13.1. The highest BCUT2D eigenvalue weighted by Gasteiger charge is 2.27. The SMILES string of the molecule is O=C(CCOCCOCCOCCOC/C=C/CBr)ON1C(=O)C=CC1=O. The van der Waals surface area contributed by atoms with Gasteiger partial charge in [0.2, 0.25) is 0 Å². The number of nitrogens with zero attached hydrogens (tertiary/aromatic N) is 1. The van der Waals surface area contributed by atoms with Crippen molar-refractivity contribution in [2.75, 3.05) is 58.2 Å². The molecule has 0 N–H and O–H groups in total. The fourth-order valence-electron chi connectivity index (χ4n) is 1.72. The van der Waals surface area contributed by atoms with E-state index >= 15 is 0 Å². The number of hydrogen-bond donors (Lipinski definition) is 0. The molecular weight excluding hydrogens is 426 g/mol.